The summed E-state index contributed by atoms with van der Waals surface area (Å²) in [4.78, 5) is 0. The van der Waals surface area contributed by atoms with Gasteiger partial charge in [0.05, 0.1) is 16.8 Å². The molecule has 4 nitrogen and oxygen atoms in total. The summed E-state index contributed by atoms with van der Waals surface area (Å²) in [7, 11) is -1.04. The van der Waals surface area contributed by atoms with Crippen LogP contribution in [0, 0.1) is 0 Å². The van der Waals surface area contributed by atoms with Crippen LogP contribution < -0.4 is 10.1 Å². The van der Waals surface area contributed by atoms with Crippen LogP contribution in [0.15, 0.2) is 22.7 Å². The van der Waals surface area contributed by atoms with E-state index in [4.69, 9.17) is 4.74 Å². The van der Waals surface area contributed by atoms with Crippen LogP contribution in [-0.2, 0) is 16.4 Å². The Labute approximate surface area is 117 Å². The highest BCUT2D eigenvalue weighted by Gasteiger charge is 2.08. The molecule has 18 heavy (non-hydrogen) atoms. The molecule has 0 bridgehead atoms. The highest BCUT2D eigenvalue weighted by atomic mass is 79.9. The van der Waals surface area contributed by atoms with Crippen molar-refractivity contribution in [2.45, 2.75) is 13.0 Å². The molecule has 0 aliphatic rings. The third-order valence-electron chi connectivity index (χ3n) is 2.32. The normalized spacial score (nSPS) is 11.5. The zero-order valence-corrected chi connectivity index (χ0v) is 13.0. The lowest BCUT2D eigenvalue weighted by atomic mass is 10.2. The monoisotopic (exact) mass is 335 g/mol. The van der Waals surface area contributed by atoms with Gasteiger partial charge in [-0.05, 0) is 35.5 Å². The Bertz CT molecular complexity index is 488. The number of hydrogen-bond donors (Lipinski definition) is 1. The van der Waals surface area contributed by atoms with Gasteiger partial charge in [-0.15, -0.1) is 0 Å². The summed E-state index contributed by atoms with van der Waals surface area (Å²) in [5.41, 5.74) is 1.05. The van der Waals surface area contributed by atoms with Crippen molar-refractivity contribution < 1.29 is 13.2 Å². The van der Waals surface area contributed by atoms with Crippen LogP contribution in [-0.4, -0.2) is 34.1 Å². The third-order valence-corrected chi connectivity index (χ3v) is 3.98. The highest BCUT2D eigenvalue weighted by Crippen LogP contribution is 2.29. The molecular formula is C12H18BrNO3S. The van der Waals surface area contributed by atoms with Crippen LogP contribution in [0.2, 0.25) is 0 Å². The third kappa shape index (κ3) is 5.37. The number of para-hydroxylation sites is 1. The van der Waals surface area contributed by atoms with Crippen LogP contribution in [0.1, 0.15) is 12.0 Å². The second kappa shape index (κ2) is 7.11. The topological polar surface area (TPSA) is 55.4 Å². The lowest BCUT2D eigenvalue weighted by molar-refractivity contribution is 0.312. The summed E-state index contributed by atoms with van der Waals surface area (Å²) in [5.74, 6) is 0.930. The van der Waals surface area contributed by atoms with Gasteiger partial charge in [-0.25, -0.2) is 8.42 Å². The van der Waals surface area contributed by atoms with E-state index in [0.29, 0.717) is 19.6 Å². The Balaban J connectivity index is 2.60. The molecule has 1 rings (SSSR count). The zero-order chi connectivity index (χ0) is 13.6. The molecule has 0 amide bonds. The van der Waals surface area contributed by atoms with Crippen LogP contribution in [0.3, 0.4) is 0 Å². The predicted molar refractivity (Wildman–Crippen MR) is 76.7 cm³/mol. The van der Waals surface area contributed by atoms with Gasteiger partial charge in [0.1, 0.15) is 15.6 Å². The van der Waals surface area contributed by atoms with Crippen LogP contribution in [0.4, 0.5) is 0 Å². The lowest BCUT2D eigenvalue weighted by Crippen LogP contribution is -2.11. The Morgan fingerprint density at radius 1 is 1.39 bits per heavy atom. The Kier molecular flexibility index (Phi) is 6.11. The number of rotatable bonds is 7. The minimum absolute atomic E-state index is 0.152. The van der Waals surface area contributed by atoms with Gasteiger partial charge in [0.15, 0.2) is 0 Å². The lowest BCUT2D eigenvalue weighted by Gasteiger charge is -2.13. The number of sulfone groups is 1. The van der Waals surface area contributed by atoms with E-state index in [1.54, 1.807) is 0 Å². The fourth-order valence-electron chi connectivity index (χ4n) is 1.54. The summed E-state index contributed by atoms with van der Waals surface area (Å²) in [6.07, 6.45) is 1.73. The smallest absolute Gasteiger partial charge is 0.147 e. The van der Waals surface area contributed by atoms with Crippen LogP contribution in [0.5, 0.6) is 5.75 Å². The van der Waals surface area contributed by atoms with Crippen molar-refractivity contribution in [1.82, 2.24) is 5.32 Å². The first kappa shape index (κ1) is 15.5. The van der Waals surface area contributed by atoms with Gasteiger partial charge in [-0.2, -0.15) is 0 Å². The molecule has 1 N–H and O–H groups in total. The minimum atomic E-state index is -2.91. The zero-order valence-electron chi connectivity index (χ0n) is 10.6. The van der Waals surface area contributed by atoms with Gasteiger partial charge in [-0.1, -0.05) is 12.1 Å². The number of hydrogen-bond acceptors (Lipinski definition) is 4. The molecule has 6 heteroatoms. The second-order valence-electron chi connectivity index (χ2n) is 4.09. The number of halogens is 1. The molecule has 0 saturated carbocycles. The summed E-state index contributed by atoms with van der Waals surface area (Å²) in [6, 6.07) is 5.83. The van der Waals surface area contributed by atoms with Crippen molar-refractivity contribution in [1.29, 1.82) is 0 Å². The van der Waals surface area contributed by atoms with Gasteiger partial charge in [0.2, 0.25) is 0 Å². The molecular weight excluding hydrogens is 318 g/mol. The maximum absolute atomic E-state index is 11.0. The van der Waals surface area contributed by atoms with Crippen molar-refractivity contribution in [2.24, 2.45) is 0 Å². The predicted octanol–water partition coefficient (Wildman–Crippen LogP) is 1.98. The quantitative estimate of drug-likeness (QED) is 0.774. The molecule has 0 spiro atoms. The van der Waals surface area contributed by atoms with Crippen molar-refractivity contribution >= 4 is 25.8 Å². The molecule has 0 unspecified atom stereocenters. The maximum Gasteiger partial charge on any atom is 0.147 e. The Hall–Kier alpha value is -0.590. The van der Waals surface area contributed by atoms with Crippen molar-refractivity contribution in [2.75, 3.05) is 25.7 Å². The van der Waals surface area contributed by atoms with Crippen LogP contribution >= 0.6 is 15.9 Å². The largest absolute Gasteiger partial charge is 0.492 e. The average molecular weight is 336 g/mol. The Morgan fingerprint density at radius 3 is 2.72 bits per heavy atom. The first-order chi connectivity index (χ1) is 8.44. The van der Waals surface area contributed by atoms with Crippen molar-refractivity contribution in [3.63, 3.8) is 0 Å². The SMILES string of the molecule is CNCc1cccc(Br)c1OCCCS(C)(=O)=O. The van der Waals surface area contributed by atoms with Gasteiger partial charge in [0.25, 0.3) is 0 Å². The van der Waals surface area contributed by atoms with E-state index in [-0.39, 0.29) is 5.75 Å². The molecule has 0 fully saturated rings. The van der Waals surface area contributed by atoms with Crippen molar-refractivity contribution in [3.8, 4) is 5.75 Å². The highest BCUT2D eigenvalue weighted by molar-refractivity contribution is 9.10. The van der Waals surface area contributed by atoms with E-state index in [1.807, 2.05) is 25.2 Å². The van der Waals surface area contributed by atoms with E-state index >= 15 is 0 Å². The van der Waals surface area contributed by atoms with Gasteiger partial charge in [0, 0.05) is 18.4 Å². The number of ether oxygens (including phenoxy) is 1. The molecule has 0 aliphatic heterocycles. The maximum atomic E-state index is 11.0. The first-order valence-electron chi connectivity index (χ1n) is 5.66. The summed E-state index contributed by atoms with van der Waals surface area (Å²) in [5, 5.41) is 3.07. The molecule has 0 saturated heterocycles. The van der Waals surface area contributed by atoms with Gasteiger partial charge >= 0.3 is 0 Å². The standard InChI is InChI=1S/C12H18BrNO3S/c1-14-9-10-5-3-6-11(13)12(10)17-7-4-8-18(2,15)16/h3,5-6,14H,4,7-9H2,1-2H3. The molecule has 102 valence electrons. The average Bonchev–Trinajstić information content (AvgIpc) is 2.26. The molecule has 0 aromatic heterocycles. The molecule has 0 atom stereocenters. The van der Waals surface area contributed by atoms with Gasteiger partial charge < -0.3 is 10.1 Å². The number of nitrogens with one attached hydrogen (secondary N) is 1. The van der Waals surface area contributed by atoms with Crippen LogP contribution in [0.25, 0.3) is 0 Å². The summed E-state index contributed by atoms with van der Waals surface area (Å²) < 4.78 is 28.6. The van der Waals surface area contributed by atoms with E-state index in [0.717, 1.165) is 15.8 Å². The number of benzene rings is 1. The fraction of sp³-hybridized carbons (Fsp3) is 0.500. The molecule has 1 aromatic carbocycles. The van der Waals surface area contributed by atoms with Crippen molar-refractivity contribution in [3.05, 3.63) is 28.2 Å². The second-order valence-corrected chi connectivity index (χ2v) is 7.20. The van der Waals surface area contributed by atoms with E-state index in [1.165, 1.54) is 6.26 Å². The Morgan fingerprint density at radius 2 is 2.11 bits per heavy atom. The van der Waals surface area contributed by atoms with E-state index in [9.17, 15) is 8.42 Å². The molecule has 0 radical (unpaired) electrons. The molecule has 0 heterocycles. The first-order valence-corrected chi connectivity index (χ1v) is 8.52. The summed E-state index contributed by atoms with van der Waals surface area (Å²) >= 11 is 3.44. The fourth-order valence-corrected chi connectivity index (χ4v) is 2.70. The van der Waals surface area contributed by atoms with E-state index in [2.05, 4.69) is 21.2 Å². The minimum Gasteiger partial charge on any atom is -0.492 e. The molecule has 1 aromatic rings. The summed E-state index contributed by atoms with van der Waals surface area (Å²) in [6.45, 7) is 1.10. The molecule has 0 aliphatic carbocycles. The van der Waals surface area contributed by atoms with E-state index < -0.39 is 9.84 Å². The van der Waals surface area contributed by atoms with Gasteiger partial charge in [-0.3, -0.25) is 0 Å².